The van der Waals surface area contributed by atoms with Gasteiger partial charge in [-0.15, -0.1) is 0 Å². The number of hydrogen-bond acceptors (Lipinski definition) is 10. The molecule has 10 unspecified atom stereocenters. The van der Waals surface area contributed by atoms with E-state index in [9.17, 15) is 96.2 Å². The van der Waals surface area contributed by atoms with Gasteiger partial charge in [-0.05, 0) is 160 Å². The number of halogens is 12. The van der Waals surface area contributed by atoms with Gasteiger partial charge in [0.2, 0.25) is 59.1 Å². The minimum absolute atomic E-state index is 0.0866. The Kier molecular flexibility index (Phi) is 32.0. The summed E-state index contributed by atoms with van der Waals surface area (Å²) >= 11 is 6.10. The molecule has 10 amide bonds. The lowest BCUT2D eigenvalue weighted by atomic mass is 9.79. The highest BCUT2D eigenvalue weighted by atomic mass is 35.5. The van der Waals surface area contributed by atoms with Crippen molar-refractivity contribution in [2.45, 2.75) is 102 Å². The van der Waals surface area contributed by atoms with Crippen molar-refractivity contribution in [1.82, 2.24) is 26.6 Å². The zero-order valence-corrected chi connectivity index (χ0v) is 70.2. The Labute approximate surface area is 734 Å². The van der Waals surface area contributed by atoms with Gasteiger partial charge in [-0.25, -0.2) is 22.0 Å². The predicted octanol–water partition coefficient (Wildman–Crippen LogP) is 17.3. The number of para-hydroxylation sites is 4. The lowest BCUT2D eigenvalue weighted by Gasteiger charge is -2.31. The number of aryl methyl sites for hydroxylation is 4. The molecule has 10 atom stereocenters. The smallest absolute Gasteiger partial charge is 0.355 e. The van der Waals surface area contributed by atoms with Crippen molar-refractivity contribution in [2.24, 2.45) is 29.6 Å². The molecule has 668 valence electrons. The summed E-state index contributed by atoms with van der Waals surface area (Å²) in [5.74, 6) is -17.2. The number of rotatable bonds is 15. The molecule has 20 nitrogen and oxygen atoms in total. The van der Waals surface area contributed by atoms with E-state index in [0.29, 0.717) is 56.2 Å². The zero-order valence-electron chi connectivity index (χ0n) is 69.4. The van der Waals surface area contributed by atoms with E-state index in [2.05, 4.69) is 53.2 Å². The van der Waals surface area contributed by atoms with Crippen LogP contribution in [0.25, 0.3) is 0 Å². The number of hydrogen-bond donors (Lipinski definition) is 10. The monoisotopic (exact) mass is 1790 g/mol. The number of alkyl halides is 6. The number of anilines is 5. The van der Waals surface area contributed by atoms with Crippen LogP contribution in [-0.4, -0.2) is 91.8 Å². The molecule has 5 saturated heterocycles. The van der Waals surface area contributed by atoms with Crippen LogP contribution < -0.4 is 53.2 Å². The number of amides is 10. The maximum absolute atomic E-state index is 13.8. The van der Waals surface area contributed by atoms with Crippen LogP contribution in [0.2, 0.25) is 5.02 Å². The molecular formula is C96H90ClF11N10O10. The third-order valence-electron chi connectivity index (χ3n) is 22.4. The zero-order chi connectivity index (χ0) is 92.3. The first-order valence-electron chi connectivity index (χ1n) is 40.9. The Balaban J connectivity index is 0.000000155. The molecule has 0 saturated carbocycles. The number of nitrogens with one attached hydrogen (secondary N) is 10. The molecule has 10 aromatic rings. The van der Waals surface area contributed by atoms with Crippen LogP contribution in [0.1, 0.15) is 123 Å². The molecule has 0 aromatic heterocycles. The van der Waals surface area contributed by atoms with Crippen molar-refractivity contribution < 1.29 is 96.2 Å². The van der Waals surface area contributed by atoms with E-state index in [0.717, 1.165) is 87.3 Å². The molecule has 5 fully saturated rings. The topological polar surface area (TPSA) is 291 Å². The van der Waals surface area contributed by atoms with Crippen molar-refractivity contribution in [1.29, 1.82) is 0 Å². The van der Waals surface area contributed by atoms with Gasteiger partial charge in [0, 0.05) is 62.3 Å². The number of benzene rings is 10. The van der Waals surface area contributed by atoms with Gasteiger partial charge in [0.15, 0.2) is 23.3 Å². The van der Waals surface area contributed by atoms with Crippen LogP contribution in [0.15, 0.2) is 231 Å². The Bertz CT molecular complexity index is 5600. The summed E-state index contributed by atoms with van der Waals surface area (Å²) in [7, 11) is 0. The van der Waals surface area contributed by atoms with Gasteiger partial charge in [-0.1, -0.05) is 192 Å². The van der Waals surface area contributed by atoms with Gasteiger partial charge in [0.1, 0.15) is 35.4 Å². The molecule has 10 N–H and O–H groups in total. The van der Waals surface area contributed by atoms with Crippen molar-refractivity contribution in [3.8, 4) is 0 Å². The van der Waals surface area contributed by atoms with E-state index < -0.39 is 141 Å². The number of carbonyl (C=O) groups excluding carboxylic acids is 10. The van der Waals surface area contributed by atoms with E-state index in [1.165, 1.54) is 60.7 Å². The third kappa shape index (κ3) is 24.3. The second-order valence-electron chi connectivity index (χ2n) is 31.2. The van der Waals surface area contributed by atoms with Crippen LogP contribution in [0.5, 0.6) is 0 Å². The highest BCUT2D eigenvalue weighted by Crippen LogP contribution is 2.42. The van der Waals surface area contributed by atoms with Crippen LogP contribution in [-0.2, 0) is 60.3 Å². The van der Waals surface area contributed by atoms with Gasteiger partial charge in [-0.2, -0.15) is 26.3 Å². The Morgan fingerprint density at radius 1 is 0.289 bits per heavy atom. The first kappa shape index (κ1) is 95.1. The normalized spacial score (nSPS) is 20.1. The van der Waals surface area contributed by atoms with Crippen molar-refractivity contribution in [2.75, 3.05) is 59.3 Å². The van der Waals surface area contributed by atoms with E-state index in [1.54, 1.807) is 36.4 Å². The minimum atomic E-state index is -4.70. The SMILES string of the molecule is Cc1ccc(C2CCNC(=O)C2C(=O)Nc2ccccc2Cl)cc1.Cc1ccc(C2CCNC(=O)C2C(=O)Nc2ccccc2F)cc1.Cc1cccc(C2CCNC(=O)C2C(=O)Nc2cccc(F)c2F)c1.Cc1cccc(C2CCNC(=O)C2C(=O)Nc2ccccc2C(F)(F)F)c1.O=C1NCCC(c2ccc(F)c(F)c2)C1C(=O)Nc1ccccc1C(F)(F)F. The largest absolute Gasteiger partial charge is 0.418 e. The predicted molar refractivity (Wildman–Crippen MR) is 461 cm³/mol. The minimum Gasteiger partial charge on any atom is -0.355 e. The molecular weight excluding hydrogens is 1700 g/mol. The average molecular weight is 1790 g/mol. The van der Waals surface area contributed by atoms with Crippen molar-refractivity contribution in [3.05, 3.63) is 326 Å². The quantitative estimate of drug-likeness (QED) is 0.0342. The summed E-state index contributed by atoms with van der Waals surface area (Å²) in [6.45, 7) is 10.0. The number of carbonyl (C=O) groups is 10. The van der Waals surface area contributed by atoms with E-state index in [1.807, 2.05) is 125 Å². The summed E-state index contributed by atoms with van der Waals surface area (Å²) in [4.78, 5) is 125. The fourth-order valence-electron chi connectivity index (χ4n) is 16.0. The fraction of sp³-hybridized carbons (Fsp3) is 0.271. The van der Waals surface area contributed by atoms with Crippen molar-refractivity contribution >= 4 is 99.1 Å². The molecule has 5 heterocycles. The summed E-state index contributed by atoms with van der Waals surface area (Å²) in [5.41, 5.74) is 5.67. The maximum Gasteiger partial charge on any atom is 0.418 e. The van der Waals surface area contributed by atoms with Crippen LogP contribution >= 0.6 is 11.6 Å². The van der Waals surface area contributed by atoms with Crippen LogP contribution in [0.4, 0.5) is 76.7 Å². The summed E-state index contributed by atoms with van der Waals surface area (Å²) < 4.78 is 147. The lowest BCUT2D eigenvalue weighted by molar-refractivity contribution is -0.138. The lowest BCUT2D eigenvalue weighted by Crippen LogP contribution is -2.47. The highest BCUT2D eigenvalue weighted by Gasteiger charge is 2.46. The summed E-state index contributed by atoms with van der Waals surface area (Å²) in [6.07, 6.45) is -6.52. The fourth-order valence-corrected chi connectivity index (χ4v) is 16.2. The molecule has 10 aromatic carbocycles. The Morgan fingerprint density at radius 3 is 0.938 bits per heavy atom. The molecule has 5 aliphatic heterocycles. The average Bonchev–Trinajstić information content (AvgIpc) is 0.803. The Hall–Kier alpha value is -13.6. The second kappa shape index (κ2) is 43.1. The molecule has 0 bridgehead atoms. The van der Waals surface area contributed by atoms with Gasteiger partial charge >= 0.3 is 12.4 Å². The van der Waals surface area contributed by atoms with E-state index in [-0.39, 0.29) is 71.1 Å². The summed E-state index contributed by atoms with van der Waals surface area (Å²) in [5, 5.41) is 25.9. The van der Waals surface area contributed by atoms with Crippen molar-refractivity contribution in [3.63, 3.8) is 0 Å². The van der Waals surface area contributed by atoms with E-state index in [4.69, 9.17) is 11.6 Å². The van der Waals surface area contributed by atoms with Gasteiger partial charge in [0.25, 0.3) is 0 Å². The first-order valence-corrected chi connectivity index (χ1v) is 41.3. The molecule has 15 rings (SSSR count). The van der Waals surface area contributed by atoms with Gasteiger partial charge < -0.3 is 53.2 Å². The highest BCUT2D eigenvalue weighted by molar-refractivity contribution is 6.34. The van der Waals surface area contributed by atoms with E-state index >= 15 is 0 Å². The molecule has 0 spiro atoms. The molecule has 0 aliphatic carbocycles. The molecule has 128 heavy (non-hydrogen) atoms. The Morgan fingerprint density at radius 2 is 0.578 bits per heavy atom. The van der Waals surface area contributed by atoms with Crippen LogP contribution in [0, 0.1) is 86.4 Å². The molecule has 0 radical (unpaired) electrons. The van der Waals surface area contributed by atoms with Gasteiger partial charge in [-0.3, -0.25) is 47.9 Å². The van der Waals surface area contributed by atoms with Gasteiger partial charge in [0.05, 0.1) is 44.6 Å². The number of piperidine rings is 5. The second-order valence-corrected chi connectivity index (χ2v) is 31.6. The maximum atomic E-state index is 13.8. The third-order valence-corrected chi connectivity index (χ3v) is 22.7. The van der Waals surface area contributed by atoms with Crippen LogP contribution in [0.3, 0.4) is 0 Å². The summed E-state index contributed by atoms with van der Waals surface area (Å²) in [6, 6.07) is 59.5. The molecule has 5 aliphatic rings. The first-order chi connectivity index (χ1) is 61.0. The standard InChI is InChI=1S/C20H19F3N2O2.C19H19ClN2O2.C19H15F5N2O2.C19H18F2N2O2.C19H19FN2O2/c1-12-5-4-6-13(11-12)14-9-10-24-18(26)17(14)19(27)25-16-8-3-2-7-15(16)20(21,22)23;1-12-6-8-13(9-7-12)14-10-11-21-18(23)17(14)19(24)22-16-5-3-2-4-15(16)20;20-13-6-5-10(9-14(13)21)11-7-8-25-17(27)16(11)18(28)26-15-4-2-1-3-12(15)19(22,23)24;1-11-4-2-5-12(10-11)13-8-9-22-18(24)16(13)19(25)23-15-7-3-6-14(20)17(15)21;1-12-6-8-13(9-7-12)14-10-11-21-18(23)17(14)19(24)22-16-5-3-2-4-15(16)20/h2-8,11,14,17H,9-10H2,1H3,(H,24,26)(H,25,27);2-9,14,17H,10-11H2,1H3,(H,21,23)(H,22,24);1-6,9,11,16H,7-8H2,(H,25,27)(H,26,28);2-7,10,13,16H,8-9H2,1H3,(H,22,24)(H,23,25);2-9,14,17H,10-11H2,1H3,(H,21,23)(H,22,24). The molecule has 32 heteroatoms.